The topological polar surface area (TPSA) is 97.5 Å². The molecule has 0 saturated heterocycles. The zero-order chi connectivity index (χ0) is 28.6. The molecule has 0 aliphatic carbocycles. The van der Waals surface area contributed by atoms with Crippen LogP contribution in [-0.4, -0.2) is 24.2 Å². The quantitative estimate of drug-likeness (QED) is 0.280. The number of hydrogen-bond acceptors (Lipinski definition) is 5. The number of hydrogen-bond donors (Lipinski definition) is 2. The molecule has 0 unspecified atom stereocenters. The summed E-state index contributed by atoms with van der Waals surface area (Å²) in [4.78, 5) is 41.0. The molecule has 0 radical (unpaired) electrons. The van der Waals surface area contributed by atoms with Gasteiger partial charge in [-0.2, -0.15) is 0 Å². The molecule has 0 saturated carbocycles. The summed E-state index contributed by atoms with van der Waals surface area (Å²) in [5, 5.41) is 3.29. The van der Waals surface area contributed by atoms with Gasteiger partial charge in [0.1, 0.15) is 11.3 Å². The van der Waals surface area contributed by atoms with E-state index in [2.05, 4.69) is 15.0 Å². The van der Waals surface area contributed by atoms with Crippen LogP contribution in [0.5, 0.6) is 5.75 Å². The normalized spacial score (nSPS) is 10.9. The molecule has 0 aliphatic rings. The Hall–Kier alpha value is -3.61. The van der Waals surface area contributed by atoms with Crippen LogP contribution < -0.4 is 15.5 Å². The third kappa shape index (κ3) is 7.68. The summed E-state index contributed by atoms with van der Waals surface area (Å²) < 4.78 is 10.1. The summed E-state index contributed by atoms with van der Waals surface area (Å²) in [6.45, 7) is 20.1. The highest BCUT2D eigenvalue weighted by Gasteiger charge is 2.28. The second kappa shape index (κ2) is 13.1. The van der Waals surface area contributed by atoms with Crippen molar-refractivity contribution in [2.45, 2.75) is 80.1 Å². The Morgan fingerprint density at radius 3 is 1.97 bits per heavy atom. The van der Waals surface area contributed by atoms with Crippen molar-refractivity contribution in [3.05, 3.63) is 69.5 Å². The first-order valence-electron chi connectivity index (χ1n) is 12.7. The molecular formula is C30H42N2O5. The number of methoxy groups -OCH3 is 1. The van der Waals surface area contributed by atoms with Crippen molar-refractivity contribution < 1.29 is 19.1 Å². The largest absolute Gasteiger partial charge is 0.513 e. The Morgan fingerprint density at radius 1 is 0.865 bits per heavy atom. The van der Waals surface area contributed by atoms with Crippen molar-refractivity contribution in [3.8, 4) is 5.75 Å². The number of aromatic amines is 1. The molecule has 1 heterocycles. The van der Waals surface area contributed by atoms with Gasteiger partial charge in [-0.3, -0.25) is 9.59 Å². The van der Waals surface area contributed by atoms with E-state index in [9.17, 15) is 14.4 Å². The number of pyridine rings is 1. The standard InChI is InChI=1S/C26H30N2O5.2C2H6/c1-25(2,3)17-12-18(26(4,5)6)21(33-24(31)32-7)13-20(17)28-23(30)16-14-27-19-11-9-8-10-15(19)22(16)29;2*1-2/h8-14H,1-7H3,(H,27,29)(H,28,30);2*1-2H3. The van der Waals surface area contributed by atoms with Crippen molar-refractivity contribution in [2.75, 3.05) is 12.4 Å². The minimum atomic E-state index is -0.854. The van der Waals surface area contributed by atoms with Crippen LogP contribution in [0.3, 0.4) is 0 Å². The fraction of sp³-hybridized carbons (Fsp3) is 0.433. The lowest BCUT2D eigenvalue weighted by Gasteiger charge is -2.29. The first-order valence-corrected chi connectivity index (χ1v) is 12.7. The minimum Gasteiger partial charge on any atom is -0.437 e. The number of benzene rings is 2. The fourth-order valence-electron chi connectivity index (χ4n) is 3.63. The summed E-state index contributed by atoms with van der Waals surface area (Å²) in [6.07, 6.45) is 0.554. The van der Waals surface area contributed by atoms with E-state index in [0.29, 0.717) is 16.6 Å². The molecule has 1 amide bonds. The van der Waals surface area contributed by atoms with Crippen LogP contribution in [0.1, 0.15) is 90.7 Å². The number of rotatable bonds is 3. The molecule has 1 aromatic heterocycles. The van der Waals surface area contributed by atoms with Crippen LogP contribution in [0.4, 0.5) is 10.5 Å². The molecule has 37 heavy (non-hydrogen) atoms. The van der Waals surface area contributed by atoms with Gasteiger partial charge < -0.3 is 19.8 Å². The number of nitrogens with one attached hydrogen (secondary N) is 2. The van der Waals surface area contributed by atoms with Gasteiger partial charge in [0, 0.05) is 34.4 Å². The van der Waals surface area contributed by atoms with E-state index in [-0.39, 0.29) is 27.6 Å². The van der Waals surface area contributed by atoms with Gasteiger partial charge in [-0.05, 0) is 34.6 Å². The van der Waals surface area contributed by atoms with E-state index in [4.69, 9.17) is 4.74 Å². The smallest absolute Gasteiger partial charge is 0.437 e. The van der Waals surface area contributed by atoms with E-state index in [1.807, 2.05) is 81.4 Å². The molecule has 2 aromatic carbocycles. The van der Waals surface area contributed by atoms with E-state index in [0.717, 1.165) is 11.1 Å². The number of anilines is 1. The summed E-state index contributed by atoms with van der Waals surface area (Å²) in [5.41, 5.74) is 1.67. The first-order chi connectivity index (χ1) is 17.3. The van der Waals surface area contributed by atoms with Gasteiger partial charge in [-0.15, -0.1) is 0 Å². The van der Waals surface area contributed by atoms with E-state index < -0.39 is 12.1 Å². The number of amides is 1. The molecule has 202 valence electrons. The number of aromatic nitrogens is 1. The monoisotopic (exact) mass is 510 g/mol. The van der Waals surface area contributed by atoms with Crippen LogP contribution >= 0.6 is 0 Å². The average Bonchev–Trinajstić information content (AvgIpc) is 2.85. The number of carbonyl (C=O) groups excluding carboxylic acids is 2. The van der Waals surface area contributed by atoms with E-state index >= 15 is 0 Å². The lowest BCUT2D eigenvalue weighted by molar-refractivity contribution is 0.102. The number of H-pyrrole nitrogens is 1. The van der Waals surface area contributed by atoms with Gasteiger partial charge in [0.25, 0.3) is 5.91 Å². The van der Waals surface area contributed by atoms with Gasteiger partial charge in [0.2, 0.25) is 5.43 Å². The minimum absolute atomic E-state index is 0.0103. The highest BCUT2D eigenvalue weighted by molar-refractivity contribution is 6.06. The molecule has 0 atom stereocenters. The molecule has 0 fully saturated rings. The Labute approximate surface area is 220 Å². The SMILES string of the molecule is CC.CC.COC(=O)Oc1cc(NC(=O)c2c[nH]c3ccccc3c2=O)c(C(C)(C)C)cc1C(C)(C)C. The van der Waals surface area contributed by atoms with E-state index in [1.54, 1.807) is 24.3 Å². The predicted octanol–water partition coefficient (Wildman–Crippen LogP) is 7.57. The molecule has 2 N–H and O–H groups in total. The number of para-hydroxylation sites is 1. The molecule has 0 bridgehead atoms. The van der Waals surface area contributed by atoms with Gasteiger partial charge in [-0.25, -0.2) is 4.79 Å². The summed E-state index contributed by atoms with van der Waals surface area (Å²) >= 11 is 0. The van der Waals surface area contributed by atoms with Crippen LogP contribution in [-0.2, 0) is 15.6 Å². The van der Waals surface area contributed by atoms with Gasteiger partial charge in [0.05, 0.1) is 7.11 Å². The predicted molar refractivity (Wildman–Crippen MR) is 152 cm³/mol. The second-order valence-corrected chi connectivity index (χ2v) is 9.98. The van der Waals surface area contributed by atoms with E-state index in [1.165, 1.54) is 13.3 Å². The zero-order valence-corrected chi connectivity index (χ0v) is 24.1. The van der Waals surface area contributed by atoms with Crippen molar-refractivity contribution in [2.24, 2.45) is 0 Å². The van der Waals surface area contributed by atoms with Crippen LogP contribution in [0.15, 0.2) is 47.4 Å². The molecule has 3 rings (SSSR count). The van der Waals surface area contributed by atoms with Gasteiger partial charge in [0.15, 0.2) is 0 Å². The van der Waals surface area contributed by atoms with Crippen molar-refractivity contribution in [1.82, 2.24) is 4.98 Å². The van der Waals surface area contributed by atoms with Crippen LogP contribution in [0.2, 0.25) is 0 Å². The summed E-state index contributed by atoms with van der Waals surface area (Å²) in [6, 6.07) is 10.6. The lowest BCUT2D eigenvalue weighted by Crippen LogP contribution is -2.25. The number of fused-ring (bicyclic) bond motifs is 1. The van der Waals surface area contributed by atoms with Crippen LogP contribution in [0.25, 0.3) is 10.9 Å². The summed E-state index contributed by atoms with van der Waals surface area (Å²) in [7, 11) is 1.23. The Morgan fingerprint density at radius 2 is 1.43 bits per heavy atom. The maximum absolute atomic E-state index is 13.2. The molecular weight excluding hydrogens is 468 g/mol. The van der Waals surface area contributed by atoms with Gasteiger partial charge in [-0.1, -0.05) is 81.4 Å². The molecule has 7 nitrogen and oxygen atoms in total. The van der Waals surface area contributed by atoms with Crippen LogP contribution in [0, 0.1) is 0 Å². The highest BCUT2D eigenvalue weighted by atomic mass is 16.7. The molecule has 0 aliphatic heterocycles. The Kier molecular flexibility index (Phi) is 11.1. The second-order valence-electron chi connectivity index (χ2n) is 9.98. The number of ether oxygens (including phenoxy) is 2. The third-order valence-electron chi connectivity index (χ3n) is 5.38. The highest BCUT2D eigenvalue weighted by Crippen LogP contribution is 2.40. The Balaban J connectivity index is 0.00000163. The van der Waals surface area contributed by atoms with Gasteiger partial charge >= 0.3 is 6.16 Å². The maximum atomic E-state index is 13.2. The first kappa shape index (κ1) is 31.4. The molecule has 7 heteroatoms. The maximum Gasteiger partial charge on any atom is 0.513 e. The molecule has 0 spiro atoms. The van der Waals surface area contributed by atoms with Crippen molar-refractivity contribution in [1.29, 1.82) is 0 Å². The number of carbonyl (C=O) groups is 2. The Bertz CT molecular complexity index is 1280. The summed E-state index contributed by atoms with van der Waals surface area (Å²) in [5.74, 6) is -0.273. The molecule has 3 aromatic rings. The zero-order valence-electron chi connectivity index (χ0n) is 24.1. The fourth-order valence-corrected chi connectivity index (χ4v) is 3.63. The van der Waals surface area contributed by atoms with Crippen molar-refractivity contribution in [3.63, 3.8) is 0 Å². The third-order valence-corrected chi connectivity index (χ3v) is 5.38. The average molecular weight is 511 g/mol. The van der Waals surface area contributed by atoms with Crippen molar-refractivity contribution >= 4 is 28.7 Å². The lowest BCUT2D eigenvalue weighted by atomic mass is 9.79.